The van der Waals surface area contributed by atoms with E-state index in [-0.39, 0.29) is 23.6 Å². The first-order valence-corrected chi connectivity index (χ1v) is 10.3. The highest BCUT2D eigenvalue weighted by molar-refractivity contribution is 5.94. The van der Waals surface area contributed by atoms with Gasteiger partial charge in [0.2, 0.25) is 0 Å². The zero-order valence-corrected chi connectivity index (χ0v) is 17.0. The average Bonchev–Trinajstić information content (AvgIpc) is 2.81. The fourth-order valence-electron chi connectivity index (χ4n) is 3.91. The molecule has 160 valence electrons. The van der Waals surface area contributed by atoms with Crippen LogP contribution in [0, 0.1) is 11.6 Å². The summed E-state index contributed by atoms with van der Waals surface area (Å²) in [5.74, 6) is -0.845. The van der Waals surface area contributed by atoms with Crippen molar-refractivity contribution in [3.8, 4) is 0 Å². The molecule has 0 spiro atoms. The molecule has 2 heterocycles. The second kappa shape index (κ2) is 9.66. The van der Waals surface area contributed by atoms with Crippen LogP contribution in [0.4, 0.5) is 14.5 Å². The van der Waals surface area contributed by atoms with E-state index in [1.807, 2.05) is 23.1 Å². The first-order valence-electron chi connectivity index (χ1n) is 10.3. The number of halogens is 2. The molecule has 0 unspecified atom stereocenters. The highest BCUT2D eigenvalue weighted by Crippen LogP contribution is 2.25. The Bertz CT molecular complexity index is 1010. The highest BCUT2D eigenvalue weighted by Gasteiger charge is 2.26. The molecule has 1 aliphatic heterocycles. The number of nitrogens with one attached hydrogen (secondary N) is 1. The molecule has 5 nitrogen and oxygen atoms in total. The molecule has 0 bridgehead atoms. The fraction of sp³-hybridized carbons (Fsp3) is 0.250. The molecular formula is C24H24F2N4O. The quantitative estimate of drug-likeness (QED) is 0.659. The van der Waals surface area contributed by atoms with Crippen molar-refractivity contribution < 1.29 is 13.6 Å². The predicted octanol–water partition coefficient (Wildman–Crippen LogP) is 3.65. The number of carbonyl (C=O) groups is 1. The SMILES string of the molecule is O=C(NC[C@H](c1cccnc1)N1CCN(c2ccccc2F)CC1)c1ccc(F)cc1. The number of amides is 1. The van der Waals surface area contributed by atoms with Gasteiger partial charge in [-0.05, 0) is 48.0 Å². The molecule has 2 aromatic carbocycles. The van der Waals surface area contributed by atoms with E-state index in [0.717, 1.165) is 18.7 Å². The Kier molecular flexibility index (Phi) is 6.52. The van der Waals surface area contributed by atoms with E-state index in [2.05, 4.69) is 15.2 Å². The minimum atomic E-state index is -0.377. The zero-order valence-electron chi connectivity index (χ0n) is 17.0. The van der Waals surface area contributed by atoms with Crippen LogP contribution in [0.15, 0.2) is 73.1 Å². The van der Waals surface area contributed by atoms with Gasteiger partial charge in [-0.2, -0.15) is 0 Å². The first-order chi connectivity index (χ1) is 15.1. The molecule has 31 heavy (non-hydrogen) atoms. The molecule has 1 aliphatic rings. The summed E-state index contributed by atoms with van der Waals surface area (Å²) >= 11 is 0. The van der Waals surface area contributed by atoms with E-state index >= 15 is 0 Å². The van der Waals surface area contributed by atoms with Crippen LogP contribution >= 0.6 is 0 Å². The van der Waals surface area contributed by atoms with E-state index in [1.54, 1.807) is 24.5 Å². The number of hydrogen-bond donors (Lipinski definition) is 1. The number of hydrogen-bond acceptors (Lipinski definition) is 4. The fourth-order valence-corrected chi connectivity index (χ4v) is 3.91. The van der Waals surface area contributed by atoms with Crippen LogP contribution in [0.5, 0.6) is 0 Å². The third kappa shape index (κ3) is 5.06. The van der Waals surface area contributed by atoms with Crippen molar-refractivity contribution in [3.63, 3.8) is 0 Å². The summed E-state index contributed by atoms with van der Waals surface area (Å²) in [5, 5.41) is 2.96. The van der Waals surface area contributed by atoms with Gasteiger partial charge in [0.05, 0.1) is 11.7 Å². The van der Waals surface area contributed by atoms with Crippen LogP contribution in [0.2, 0.25) is 0 Å². The maximum absolute atomic E-state index is 14.2. The summed E-state index contributed by atoms with van der Waals surface area (Å²) in [6, 6.07) is 16.1. The van der Waals surface area contributed by atoms with Gasteiger partial charge in [-0.15, -0.1) is 0 Å². The monoisotopic (exact) mass is 422 g/mol. The summed E-state index contributed by atoms with van der Waals surface area (Å²) in [7, 11) is 0. The number of carbonyl (C=O) groups excluding carboxylic acids is 1. The molecular weight excluding hydrogens is 398 g/mol. The predicted molar refractivity (Wildman–Crippen MR) is 116 cm³/mol. The number of piperazine rings is 1. The molecule has 1 atom stereocenters. The summed E-state index contributed by atoms with van der Waals surface area (Å²) in [6.07, 6.45) is 3.52. The molecule has 0 radical (unpaired) electrons. The summed E-state index contributed by atoms with van der Waals surface area (Å²) in [5.41, 5.74) is 2.03. The van der Waals surface area contributed by atoms with Crippen molar-refractivity contribution in [2.45, 2.75) is 6.04 Å². The summed E-state index contributed by atoms with van der Waals surface area (Å²) in [4.78, 5) is 21.1. The van der Waals surface area contributed by atoms with Gasteiger partial charge in [0.1, 0.15) is 11.6 Å². The number of para-hydroxylation sites is 1. The van der Waals surface area contributed by atoms with Gasteiger partial charge in [0.25, 0.3) is 5.91 Å². The Morgan fingerprint density at radius 2 is 1.71 bits per heavy atom. The smallest absolute Gasteiger partial charge is 0.251 e. The molecule has 1 saturated heterocycles. The van der Waals surface area contributed by atoms with Crippen molar-refractivity contribution in [1.29, 1.82) is 0 Å². The number of rotatable bonds is 6. The number of benzene rings is 2. The van der Waals surface area contributed by atoms with Gasteiger partial charge >= 0.3 is 0 Å². The van der Waals surface area contributed by atoms with Crippen molar-refractivity contribution in [2.75, 3.05) is 37.6 Å². The third-order valence-electron chi connectivity index (χ3n) is 5.58. The Morgan fingerprint density at radius 3 is 2.39 bits per heavy atom. The Labute approximate surface area is 180 Å². The number of aromatic nitrogens is 1. The molecule has 1 N–H and O–H groups in total. The molecule has 7 heteroatoms. The van der Waals surface area contributed by atoms with Gasteiger partial charge < -0.3 is 10.2 Å². The van der Waals surface area contributed by atoms with E-state index < -0.39 is 0 Å². The van der Waals surface area contributed by atoms with Gasteiger partial charge in [-0.25, -0.2) is 8.78 Å². The molecule has 3 aromatic rings. The minimum absolute atomic E-state index is 0.0686. The van der Waals surface area contributed by atoms with Gasteiger partial charge in [-0.1, -0.05) is 18.2 Å². The standard InChI is InChI=1S/C24H24F2N4O/c25-20-9-7-18(8-10-20)24(31)28-17-23(19-4-3-11-27-16-19)30-14-12-29(13-15-30)22-6-2-1-5-21(22)26/h1-11,16,23H,12-15,17H2,(H,28,31)/t23-/m1/s1. The van der Waals surface area contributed by atoms with Crippen LogP contribution in [0.25, 0.3) is 0 Å². The number of pyridine rings is 1. The van der Waals surface area contributed by atoms with Crippen molar-refractivity contribution in [1.82, 2.24) is 15.2 Å². The lowest BCUT2D eigenvalue weighted by Crippen LogP contribution is -2.50. The first kappa shape index (κ1) is 20.9. The third-order valence-corrected chi connectivity index (χ3v) is 5.58. The van der Waals surface area contributed by atoms with Crippen molar-refractivity contribution >= 4 is 11.6 Å². The van der Waals surface area contributed by atoms with Crippen LogP contribution in [0.3, 0.4) is 0 Å². The van der Waals surface area contributed by atoms with Crippen molar-refractivity contribution in [2.24, 2.45) is 0 Å². The molecule has 0 saturated carbocycles. The van der Waals surface area contributed by atoms with Gasteiger partial charge in [-0.3, -0.25) is 14.7 Å². The molecule has 4 rings (SSSR count). The van der Waals surface area contributed by atoms with Crippen LogP contribution in [0.1, 0.15) is 22.0 Å². The van der Waals surface area contributed by atoms with Crippen LogP contribution < -0.4 is 10.2 Å². The lowest BCUT2D eigenvalue weighted by Gasteiger charge is -2.40. The normalized spacial score (nSPS) is 15.5. The van der Waals surface area contributed by atoms with Gasteiger partial charge in [0.15, 0.2) is 0 Å². The lowest BCUT2D eigenvalue weighted by molar-refractivity contribution is 0.0930. The van der Waals surface area contributed by atoms with Crippen LogP contribution in [-0.2, 0) is 0 Å². The molecule has 1 fully saturated rings. The minimum Gasteiger partial charge on any atom is -0.367 e. The molecule has 0 aliphatic carbocycles. The topological polar surface area (TPSA) is 48.5 Å². The number of anilines is 1. The largest absolute Gasteiger partial charge is 0.367 e. The Balaban J connectivity index is 1.44. The maximum Gasteiger partial charge on any atom is 0.251 e. The zero-order chi connectivity index (χ0) is 21.6. The second-order valence-corrected chi connectivity index (χ2v) is 7.49. The van der Waals surface area contributed by atoms with Crippen molar-refractivity contribution in [3.05, 3.63) is 95.8 Å². The number of nitrogens with zero attached hydrogens (tertiary/aromatic N) is 3. The van der Waals surface area contributed by atoms with E-state index in [0.29, 0.717) is 30.9 Å². The molecule has 1 aromatic heterocycles. The second-order valence-electron chi connectivity index (χ2n) is 7.49. The Morgan fingerprint density at radius 1 is 0.968 bits per heavy atom. The summed E-state index contributed by atoms with van der Waals surface area (Å²) < 4.78 is 27.3. The highest BCUT2D eigenvalue weighted by atomic mass is 19.1. The molecule has 1 amide bonds. The van der Waals surface area contributed by atoms with E-state index in [1.165, 1.54) is 30.3 Å². The average molecular weight is 422 g/mol. The van der Waals surface area contributed by atoms with Crippen LogP contribution in [-0.4, -0.2) is 48.5 Å². The Hall–Kier alpha value is -3.32. The summed E-state index contributed by atoms with van der Waals surface area (Å²) in [6.45, 7) is 3.20. The van der Waals surface area contributed by atoms with Gasteiger partial charge in [0, 0.05) is 50.7 Å². The van der Waals surface area contributed by atoms with E-state index in [4.69, 9.17) is 0 Å². The lowest BCUT2D eigenvalue weighted by atomic mass is 10.1. The van der Waals surface area contributed by atoms with E-state index in [9.17, 15) is 13.6 Å². The maximum atomic E-state index is 14.2.